The molecule has 0 saturated carbocycles. The minimum Gasteiger partial charge on any atom is -0.493 e. The van der Waals surface area contributed by atoms with Gasteiger partial charge in [-0.2, -0.15) is 0 Å². The Morgan fingerprint density at radius 3 is 2.61 bits per heavy atom. The van der Waals surface area contributed by atoms with Gasteiger partial charge in [0.2, 0.25) is 0 Å². The number of nitrogens with zero attached hydrogens (tertiary/aromatic N) is 4. The molecular weight excluding hydrogens is 480 g/mol. The van der Waals surface area contributed by atoms with Gasteiger partial charge in [-0.05, 0) is 44.0 Å². The molecule has 1 amide bonds. The van der Waals surface area contributed by atoms with Crippen LogP contribution in [0.4, 0.5) is 11.6 Å². The van der Waals surface area contributed by atoms with Crippen molar-refractivity contribution in [2.24, 2.45) is 0 Å². The Kier molecular flexibility index (Phi) is 8.49. The molecule has 2 heterocycles. The van der Waals surface area contributed by atoms with Gasteiger partial charge in [0.05, 0.1) is 24.8 Å². The number of pyridine rings is 1. The normalized spacial score (nSPS) is 11.6. The van der Waals surface area contributed by atoms with Crippen LogP contribution in [0.5, 0.6) is 5.75 Å². The fourth-order valence-electron chi connectivity index (χ4n) is 3.83. The molecule has 4 N–H and O–H groups in total. The average Bonchev–Trinajstić information content (AvgIpc) is 2.85. The van der Waals surface area contributed by atoms with Crippen LogP contribution in [-0.4, -0.2) is 58.2 Å². The summed E-state index contributed by atoms with van der Waals surface area (Å²) in [5.74, 6) is 1.10. The second-order valence-corrected chi connectivity index (χ2v) is 8.86. The summed E-state index contributed by atoms with van der Waals surface area (Å²) < 4.78 is 6.14. The molecule has 0 aliphatic heterocycles. The van der Waals surface area contributed by atoms with Crippen LogP contribution < -0.4 is 15.8 Å². The molecule has 3 aromatic rings. The molecule has 1 atom stereocenters. The van der Waals surface area contributed by atoms with E-state index in [9.17, 15) is 9.90 Å². The summed E-state index contributed by atoms with van der Waals surface area (Å²) in [5.41, 5.74) is 10.4. The summed E-state index contributed by atoms with van der Waals surface area (Å²) in [4.78, 5) is 26.5. The molecule has 0 aliphatic rings. The minimum absolute atomic E-state index is 0.183. The Balaban J connectivity index is 2.11. The molecule has 9 nitrogen and oxygen atoms in total. The van der Waals surface area contributed by atoms with E-state index in [0.29, 0.717) is 40.0 Å². The zero-order chi connectivity index (χ0) is 26.6. The molecule has 0 aliphatic carbocycles. The standard InChI is InChI=1S/C26H31ClN6O3/c1-7-36-23-18(16(4)32-25-21(14(2)12-34)24(28)30-13-31-25)10-19(27)15(3)22(23)17-8-9-20(29-11-17)26(35)33(5)6/h8-11,13,16,34H,2,7,12H2,1,3-6H3,(H3,28,30,31,32). The fourth-order valence-corrected chi connectivity index (χ4v) is 4.04. The Hall–Kier alpha value is -3.69. The number of benzene rings is 1. The molecule has 0 saturated heterocycles. The summed E-state index contributed by atoms with van der Waals surface area (Å²) in [5, 5.41) is 13.5. The van der Waals surface area contributed by atoms with E-state index >= 15 is 0 Å². The Morgan fingerprint density at radius 2 is 2.03 bits per heavy atom. The van der Waals surface area contributed by atoms with Crippen molar-refractivity contribution in [2.75, 3.05) is 38.4 Å². The first-order chi connectivity index (χ1) is 17.1. The molecule has 2 aromatic heterocycles. The van der Waals surface area contributed by atoms with Crippen molar-refractivity contribution in [2.45, 2.75) is 26.8 Å². The van der Waals surface area contributed by atoms with Crippen molar-refractivity contribution >= 4 is 34.7 Å². The minimum atomic E-state index is -0.328. The van der Waals surface area contributed by atoms with Crippen molar-refractivity contribution in [3.63, 3.8) is 0 Å². The van der Waals surface area contributed by atoms with E-state index in [1.54, 1.807) is 26.4 Å². The van der Waals surface area contributed by atoms with Gasteiger partial charge in [0.1, 0.15) is 29.4 Å². The number of nitrogen functional groups attached to an aromatic ring is 1. The number of rotatable bonds is 9. The Morgan fingerprint density at radius 1 is 1.31 bits per heavy atom. The molecule has 0 spiro atoms. The SMILES string of the molecule is C=C(CO)c1c(N)ncnc1NC(C)c1cc(Cl)c(C)c(-c2ccc(C(=O)N(C)C)nc2)c1OCC. The number of amides is 1. The van der Waals surface area contributed by atoms with Crippen molar-refractivity contribution in [3.05, 3.63) is 64.7 Å². The summed E-state index contributed by atoms with van der Waals surface area (Å²) in [7, 11) is 3.36. The number of ether oxygens (including phenoxy) is 1. The van der Waals surface area contributed by atoms with Crippen molar-refractivity contribution in [1.29, 1.82) is 0 Å². The number of halogens is 1. The van der Waals surface area contributed by atoms with Crippen LogP contribution in [0, 0.1) is 6.92 Å². The van der Waals surface area contributed by atoms with Gasteiger partial charge < -0.3 is 25.8 Å². The zero-order valence-corrected chi connectivity index (χ0v) is 21.8. The van der Waals surface area contributed by atoms with Crippen molar-refractivity contribution < 1.29 is 14.6 Å². The second kappa shape index (κ2) is 11.4. The second-order valence-electron chi connectivity index (χ2n) is 8.45. The first-order valence-electron chi connectivity index (χ1n) is 11.4. The zero-order valence-electron chi connectivity index (χ0n) is 21.1. The maximum absolute atomic E-state index is 12.3. The smallest absolute Gasteiger partial charge is 0.271 e. The largest absolute Gasteiger partial charge is 0.493 e. The summed E-state index contributed by atoms with van der Waals surface area (Å²) in [6, 6.07) is 5.05. The van der Waals surface area contributed by atoms with Gasteiger partial charge in [0.25, 0.3) is 5.91 Å². The van der Waals surface area contributed by atoms with Crippen molar-refractivity contribution in [3.8, 4) is 16.9 Å². The van der Waals surface area contributed by atoms with Gasteiger partial charge in [-0.15, -0.1) is 0 Å². The molecule has 36 heavy (non-hydrogen) atoms. The number of carbonyl (C=O) groups excluding carboxylic acids is 1. The highest BCUT2D eigenvalue weighted by Gasteiger charge is 2.23. The third-order valence-corrected chi connectivity index (χ3v) is 6.10. The summed E-state index contributed by atoms with van der Waals surface area (Å²) in [6.45, 7) is 9.76. The molecule has 190 valence electrons. The van der Waals surface area contributed by atoms with Crippen LogP contribution in [0.15, 0.2) is 37.3 Å². The van der Waals surface area contributed by atoms with E-state index in [2.05, 4.69) is 26.8 Å². The number of nitrogens with one attached hydrogen (secondary N) is 1. The quantitative estimate of drug-likeness (QED) is 0.387. The number of anilines is 2. The number of aromatic nitrogens is 3. The number of nitrogens with two attached hydrogens (primary N) is 1. The highest BCUT2D eigenvalue weighted by atomic mass is 35.5. The van der Waals surface area contributed by atoms with E-state index in [-0.39, 0.29) is 24.4 Å². The van der Waals surface area contributed by atoms with E-state index < -0.39 is 0 Å². The van der Waals surface area contributed by atoms with E-state index in [1.165, 1.54) is 11.2 Å². The van der Waals surface area contributed by atoms with Crippen molar-refractivity contribution in [1.82, 2.24) is 19.9 Å². The first-order valence-corrected chi connectivity index (χ1v) is 11.8. The van der Waals surface area contributed by atoms with E-state index in [4.69, 9.17) is 22.1 Å². The third-order valence-electron chi connectivity index (χ3n) is 5.71. The van der Waals surface area contributed by atoms with Gasteiger partial charge in [0, 0.05) is 42.0 Å². The van der Waals surface area contributed by atoms with E-state index in [0.717, 1.165) is 22.3 Å². The summed E-state index contributed by atoms with van der Waals surface area (Å²) in [6.07, 6.45) is 2.99. The Labute approximate surface area is 216 Å². The van der Waals surface area contributed by atoms with Gasteiger partial charge in [0.15, 0.2) is 0 Å². The number of aliphatic hydroxyl groups is 1. The molecule has 3 rings (SSSR count). The van der Waals surface area contributed by atoms with Gasteiger partial charge in [-0.1, -0.05) is 24.2 Å². The lowest BCUT2D eigenvalue weighted by molar-refractivity contribution is 0.0822. The van der Waals surface area contributed by atoms with Gasteiger partial charge in [-0.3, -0.25) is 9.78 Å². The van der Waals surface area contributed by atoms with Crippen LogP contribution in [0.25, 0.3) is 16.7 Å². The predicted octanol–water partition coefficient (Wildman–Crippen LogP) is 4.36. The van der Waals surface area contributed by atoms with Crippen LogP contribution in [0.3, 0.4) is 0 Å². The number of aliphatic hydroxyl groups excluding tert-OH is 1. The molecule has 0 fully saturated rings. The lowest BCUT2D eigenvalue weighted by Crippen LogP contribution is -2.22. The first kappa shape index (κ1) is 26.9. The monoisotopic (exact) mass is 510 g/mol. The number of hydrogen-bond acceptors (Lipinski definition) is 8. The molecule has 10 heteroatoms. The van der Waals surface area contributed by atoms with E-state index in [1.807, 2.05) is 32.9 Å². The lowest BCUT2D eigenvalue weighted by Gasteiger charge is -2.24. The highest BCUT2D eigenvalue weighted by Crippen LogP contribution is 2.43. The maximum Gasteiger partial charge on any atom is 0.271 e. The van der Waals surface area contributed by atoms with Crippen LogP contribution >= 0.6 is 11.6 Å². The lowest BCUT2D eigenvalue weighted by atomic mass is 9.94. The Bertz CT molecular complexity index is 1280. The van der Waals surface area contributed by atoms with Crippen LogP contribution in [0.1, 0.15) is 47.1 Å². The summed E-state index contributed by atoms with van der Waals surface area (Å²) >= 11 is 6.68. The van der Waals surface area contributed by atoms with Crippen LogP contribution in [-0.2, 0) is 0 Å². The predicted molar refractivity (Wildman–Crippen MR) is 143 cm³/mol. The molecule has 1 aromatic carbocycles. The number of carbonyl (C=O) groups is 1. The molecular formula is C26H31ClN6O3. The average molecular weight is 511 g/mol. The van der Waals surface area contributed by atoms with Crippen LogP contribution in [0.2, 0.25) is 5.02 Å². The number of hydrogen-bond donors (Lipinski definition) is 3. The molecule has 1 unspecified atom stereocenters. The molecule has 0 bridgehead atoms. The third kappa shape index (κ3) is 5.42. The maximum atomic E-state index is 12.3. The van der Waals surface area contributed by atoms with Gasteiger partial charge in [-0.25, -0.2) is 9.97 Å². The topological polar surface area (TPSA) is 126 Å². The fraction of sp³-hybridized carbons (Fsp3) is 0.308. The molecule has 0 radical (unpaired) electrons. The highest BCUT2D eigenvalue weighted by molar-refractivity contribution is 6.32. The van der Waals surface area contributed by atoms with Gasteiger partial charge >= 0.3 is 0 Å².